The molecule has 0 radical (unpaired) electrons. The molecule has 3 aliphatic heterocycles. The second kappa shape index (κ2) is 1.54. The van der Waals surface area contributed by atoms with Crippen molar-refractivity contribution in [1.29, 1.82) is 0 Å². The minimum atomic E-state index is 0.0117. The quantitative estimate of drug-likeness (QED) is 0.483. The van der Waals surface area contributed by atoms with Gasteiger partial charge in [-0.25, -0.2) is 0 Å². The van der Waals surface area contributed by atoms with E-state index in [0.717, 1.165) is 6.42 Å². The fourth-order valence-electron chi connectivity index (χ4n) is 2.87. The van der Waals surface area contributed by atoms with Crippen LogP contribution in [0, 0.1) is 11.8 Å². The van der Waals surface area contributed by atoms with E-state index in [1.54, 1.807) is 0 Å². The van der Waals surface area contributed by atoms with Crippen LogP contribution < -0.4 is 5.32 Å². The molecule has 4 heteroatoms. The first-order valence-corrected chi connectivity index (χ1v) is 4.46. The third kappa shape index (κ3) is 0.473. The summed E-state index contributed by atoms with van der Waals surface area (Å²) in [4.78, 5) is 11.4. The summed E-state index contributed by atoms with van der Waals surface area (Å²) < 4.78 is 10.9. The lowest BCUT2D eigenvalue weighted by Gasteiger charge is -2.42. The van der Waals surface area contributed by atoms with Gasteiger partial charge in [-0.05, 0) is 6.42 Å². The lowest BCUT2D eigenvalue weighted by Crippen LogP contribution is -2.56. The number of nitrogens with one attached hydrogen (secondary N) is 1. The third-order valence-electron chi connectivity index (χ3n) is 3.55. The van der Waals surface area contributed by atoms with Crippen LogP contribution >= 0.6 is 0 Å². The number of carbonyl (C=O) groups excluding carboxylic acids is 1. The van der Waals surface area contributed by atoms with Crippen molar-refractivity contribution in [3.05, 3.63) is 0 Å². The minimum absolute atomic E-state index is 0.0117. The second-order valence-electron chi connectivity index (χ2n) is 4.09. The smallest absolute Gasteiger partial charge is 0.225 e. The summed E-state index contributed by atoms with van der Waals surface area (Å²) in [5, 5.41) is 2.85. The zero-order chi connectivity index (χ0) is 7.87. The summed E-state index contributed by atoms with van der Waals surface area (Å²) in [6.07, 6.45) is 1.78. The molecule has 1 saturated carbocycles. The highest BCUT2D eigenvalue weighted by Gasteiger charge is 2.68. The van der Waals surface area contributed by atoms with Gasteiger partial charge in [0.1, 0.15) is 12.3 Å². The van der Waals surface area contributed by atoms with E-state index in [9.17, 15) is 4.79 Å². The van der Waals surface area contributed by atoms with Crippen LogP contribution in [0.4, 0.5) is 0 Å². The lowest BCUT2D eigenvalue weighted by atomic mass is 9.75. The highest BCUT2D eigenvalue weighted by Crippen LogP contribution is 2.53. The van der Waals surface area contributed by atoms with Crippen molar-refractivity contribution in [2.45, 2.75) is 31.0 Å². The molecule has 0 bridgehead atoms. The van der Waals surface area contributed by atoms with Gasteiger partial charge in [0.25, 0.3) is 0 Å². The van der Waals surface area contributed by atoms with Crippen LogP contribution in [-0.4, -0.2) is 30.4 Å². The number of epoxide rings is 1. The lowest BCUT2D eigenvalue weighted by molar-refractivity contribution is -0.199. The van der Waals surface area contributed by atoms with Gasteiger partial charge in [0.05, 0.1) is 18.1 Å². The standard InChI is InChI=1S/C8H9NO3/c10-7-2-1-3-5(11-3)6-4(2)8(9-7)12-6/h2-6,8H,1H2,(H,9,10). The molecule has 1 amide bonds. The van der Waals surface area contributed by atoms with Gasteiger partial charge in [-0.2, -0.15) is 0 Å². The van der Waals surface area contributed by atoms with Crippen molar-refractivity contribution < 1.29 is 14.3 Å². The van der Waals surface area contributed by atoms with E-state index in [4.69, 9.17) is 9.47 Å². The predicted molar refractivity (Wildman–Crippen MR) is 37.1 cm³/mol. The average molecular weight is 167 g/mol. The van der Waals surface area contributed by atoms with E-state index in [-0.39, 0.29) is 24.2 Å². The number of carbonyl (C=O) groups is 1. The van der Waals surface area contributed by atoms with Gasteiger partial charge in [0.15, 0.2) is 0 Å². The number of hydrogen-bond donors (Lipinski definition) is 1. The van der Waals surface area contributed by atoms with Crippen LogP contribution in [0.1, 0.15) is 6.42 Å². The Labute approximate surface area is 69.2 Å². The molecule has 4 fully saturated rings. The van der Waals surface area contributed by atoms with Gasteiger partial charge < -0.3 is 14.8 Å². The summed E-state index contributed by atoms with van der Waals surface area (Å²) in [5.74, 6) is 0.764. The molecule has 3 saturated heterocycles. The molecule has 4 nitrogen and oxygen atoms in total. The Morgan fingerprint density at radius 2 is 2.25 bits per heavy atom. The summed E-state index contributed by atoms with van der Waals surface area (Å²) in [7, 11) is 0. The molecule has 4 rings (SSSR count). The van der Waals surface area contributed by atoms with Crippen molar-refractivity contribution in [2.24, 2.45) is 11.8 Å². The molecule has 6 unspecified atom stereocenters. The second-order valence-corrected chi connectivity index (χ2v) is 4.09. The predicted octanol–water partition coefficient (Wildman–Crippen LogP) is -0.755. The Kier molecular flexibility index (Phi) is 0.762. The van der Waals surface area contributed by atoms with Crippen LogP contribution in [0.3, 0.4) is 0 Å². The Morgan fingerprint density at radius 1 is 1.33 bits per heavy atom. The molecule has 0 aromatic rings. The molecular formula is C8H9NO3. The molecule has 0 aromatic heterocycles. The van der Waals surface area contributed by atoms with E-state index in [0.29, 0.717) is 18.1 Å². The largest absolute Gasteiger partial charge is 0.367 e. The number of rotatable bonds is 0. The highest BCUT2D eigenvalue weighted by molar-refractivity contribution is 5.82. The van der Waals surface area contributed by atoms with E-state index >= 15 is 0 Å². The molecule has 4 aliphatic rings. The molecule has 0 spiro atoms. The van der Waals surface area contributed by atoms with Crippen LogP contribution in [0.15, 0.2) is 0 Å². The van der Waals surface area contributed by atoms with Crippen LogP contribution in [0.25, 0.3) is 0 Å². The number of ether oxygens (including phenoxy) is 2. The SMILES string of the molecule is O=C1NC2OC3C4OC4CC1C23. The van der Waals surface area contributed by atoms with Crippen molar-refractivity contribution in [2.75, 3.05) is 0 Å². The van der Waals surface area contributed by atoms with Crippen LogP contribution in [0.5, 0.6) is 0 Å². The Hall–Kier alpha value is -0.610. The van der Waals surface area contributed by atoms with Gasteiger partial charge in [0, 0.05) is 5.92 Å². The molecule has 6 atom stereocenters. The molecule has 1 aliphatic carbocycles. The number of hydrogen-bond acceptors (Lipinski definition) is 3. The maximum atomic E-state index is 11.4. The van der Waals surface area contributed by atoms with E-state index in [1.807, 2.05) is 0 Å². The van der Waals surface area contributed by atoms with Crippen molar-refractivity contribution in [3.8, 4) is 0 Å². The number of fused-ring (bicyclic) bond motifs is 2. The van der Waals surface area contributed by atoms with Crippen molar-refractivity contribution in [3.63, 3.8) is 0 Å². The van der Waals surface area contributed by atoms with E-state index in [1.165, 1.54) is 0 Å². The Balaban J connectivity index is 1.76. The summed E-state index contributed by atoms with van der Waals surface area (Å²) in [6, 6.07) is 0. The number of amides is 1. The molecule has 3 heterocycles. The van der Waals surface area contributed by atoms with Gasteiger partial charge >= 0.3 is 0 Å². The van der Waals surface area contributed by atoms with Crippen LogP contribution in [-0.2, 0) is 14.3 Å². The fraction of sp³-hybridized carbons (Fsp3) is 0.875. The zero-order valence-corrected chi connectivity index (χ0v) is 6.40. The minimum Gasteiger partial charge on any atom is -0.367 e. The first-order chi connectivity index (χ1) is 5.84. The average Bonchev–Trinajstić information content (AvgIpc) is 2.70. The third-order valence-corrected chi connectivity index (χ3v) is 3.55. The molecule has 12 heavy (non-hydrogen) atoms. The maximum Gasteiger partial charge on any atom is 0.225 e. The zero-order valence-electron chi connectivity index (χ0n) is 6.40. The van der Waals surface area contributed by atoms with Gasteiger partial charge in [-0.1, -0.05) is 0 Å². The van der Waals surface area contributed by atoms with Crippen LogP contribution in [0.2, 0.25) is 0 Å². The summed E-state index contributed by atoms with van der Waals surface area (Å²) in [5.41, 5.74) is 0. The van der Waals surface area contributed by atoms with Gasteiger partial charge in [-0.3, -0.25) is 4.79 Å². The van der Waals surface area contributed by atoms with Gasteiger partial charge in [0.2, 0.25) is 5.91 Å². The molecular weight excluding hydrogens is 158 g/mol. The summed E-state index contributed by atoms with van der Waals surface area (Å²) >= 11 is 0. The van der Waals surface area contributed by atoms with Crippen molar-refractivity contribution in [1.82, 2.24) is 5.32 Å². The molecule has 64 valence electrons. The highest BCUT2D eigenvalue weighted by atomic mass is 16.6. The Bertz CT molecular complexity index is 279. The van der Waals surface area contributed by atoms with Crippen molar-refractivity contribution >= 4 is 5.91 Å². The normalized spacial score (nSPS) is 64.5. The fourth-order valence-corrected chi connectivity index (χ4v) is 2.87. The van der Waals surface area contributed by atoms with E-state index < -0.39 is 0 Å². The molecule has 0 aromatic carbocycles. The Morgan fingerprint density at radius 3 is 3.17 bits per heavy atom. The first kappa shape index (κ1) is 5.94. The summed E-state index contributed by atoms with van der Waals surface area (Å²) in [6.45, 7) is 0. The van der Waals surface area contributed by atoms with E-state index in [2.05, 4.69) is 5.32 Å². The topological polar surface area (TPSA) is 50.9 Å². The monoisotopic (exact) mass is 167 g/mol. The van der Waals surface area contributed by atoms with Gasteiger partial charge in [-0.15, -0.1) is 0 Å². The maximum absolute atomic E-state index is 11.4. The first-order valence-electron chi connectivity index (χ1n) is 4.46. The molecule has 1 N–H and O–H groups in total.